The van der Waals surface area contributed by atoms with Crippen LogP contribution in [0.15, 0.2) is 57.8 Å². The molecule has 30 heavy (non-hydrogen) atoms. The second kappa shape index (κ2) is 9.31. The molecule has 0 spiro atoms. The largest absolute Gasteiger partial charge is 0.462 e. The lowest BCUT2D eigenvalue weighted by molar-refractivity contribution is -0.113. The van der Waals surface area contributed by atoms with Crippen LogP contribution >= 0.6 is 11.8 Å². The van der Waals surface area contributed by atoms with Gasteiger partial charge in [0.1, 0.15) is 4.90 Å². The van der Waals surface area contributed by atoms with Gasteiger partial charge in [-0.1, -0.05) is 36.0 Å². The smallest absolute Gasteiger partial charge is 0.340 e. The van der Waals surface area contributed by atoms with E-state index in [1.54, 1.807) is 54.3 Å². The zero-order valence-electron chi connectivity index (χ0n) is 16.5. The molecule has 0 aliphatic carbocycles. The highest BCUT2D eigenvalue weighted by atomic mass is 32.2. The number of amides is 1. The summed E-state index contributed by atoms with van der Waals surface area (Å²) >= 11 is 1.02. The number of amidine groups is 1. The molecule has 0 fully saturated rings. The van der Waals surface area contributed by atoms with Crippen molar-refractivity contribution < 1.29 is 22.7 Å². The molecule has 0 unspecified atom stereocenters. The molecule has 1 N–H and O–H groups in total. The number of fused-ring (bicyclic) bond motifs is 1. The zero-order chi connectivity index (χ0) is 21.7. The maximum absolute atomic E-state index is 12.5. The Kier molecular flexibility index (Phi) is 6.78. The SMILES string of the molecule is CCOC(=O)c1ccccc1NC(=O)CSC1=NS(=O)(=O)c2ccccc2N1CC. The Labute approximate surface area is 179 Å². The van der Waals surface area contributed by atoms with E-state index >= 15 is 0 Å². The Hall–Kier alpha value is -2.85. The fourth-order valence-corrected chi connectivity index (χ4v) is 5.22. The number of nitrogens with zero attached hydrogens (tertiary/aromatic N) is 2. The first-order chi connectivity index (χ1) is 14.4. The fourth-order valence-electron chi connectivity index (χ4n) is 2.91. The molecule has 0 saturated carbocycles. The highest BCUT2D eigenvalue weighted by molar-refractivity contribution is 8.15. The number of esters is 1. The predicted octanol–water partition coefficient (Wildman–Crippen LogP) is 3.12. The molecule has 2 aromatic rings. The number of ether oxygens (including phenoxy) is 1. The predicted molar refractivity (Wildman–Crippen MR) is 118 cm³/mol. The molecule has 2 aromatic carbocycles. The van der Waals surface area contributed by atoms with Crippen LogP contribution in [-0.4, -0.2) is 44.4 Å². The number of anilines is 2. The molecule has 10 heteroatoms. The summed E-state index contributed by atoms with van der Waals surface area (Å²) in [4.78, 5) is 26.4. The summed E-state index contributed by atoms with van der Waals surface area (Å²) < 4.78 is 33.8. The van der Waals surface area contributed by atoms with Crippen molar-refractivity contribution in [2.45, 2.75) is 18.7 Å². The number of sulfonamides is 1. The second-order valence-corrected chi connectivity index (χ2v) is 8.68. The van der Waals surface area contributed by atoms with Crippen molar-refractivity contribution >= 4 is 50.2 Å². The van der Waals surface area contributed by atoms with Crippen molar-refractivity contribution in [3.8, 4) is 0 Å². The van der Waals surface area contributed by atoms with Crippen molar-refractivity contribution in [2.75, 3.05) is 29.1 Å². The number of thioether (sulfide) groups is 1. The molecule has 0 saturated heterocycles. The van der Waals surface area contributed by atoms with Crippen LogP contribution in [0.3, 0.4) is 0 Å². The Morgan fingerprint density at radius 3 is 2.53 bits per heavy atom. The minimum absolute atomic E-state index is 0.0792. The van der Waals surface area contributed by atoms with Gasteiger partial charge in [-0.25, -0.2) is 4.79 Å². The lowest BCUT2D eigenvalue weighted by Crippen LogP contribution is -2.34. The number of benzene rings is 2. The van der Waals surface area contributed by atoms with Crippen LogP contribution in [-0.2, 0) is 19.6 Å². The average molecular weight is 448 g/mol. The molecular weight excluding hydrogens is 426 g/mol. The van der Waals surface area contributed by atoms with Gasteiger partial charge in [-0.3, -0.25) is 4.79 Å². The normalized spacial score (nSPS) is 14.5. The summed E-state index contributed by atoms with van der Waals surface area (Å²) in [5.41, 5.74) is 1.11. The third kappa shape index (κ3) is 4.65. The van der Waals surface area contributed by atoms with Crippen LogP contribution in [0.25, 0.3) is 0 Å². The lowest BCUT2D eigenvalue weighted by atomic mass is 10.2. The molecule has 1 amide bonds. The summed E-state index contributed by atoms with van der Waals surface area (Å²) in [6.45, 7) is 4.29. The van der Waals surface area contributed by atoms with Gasteiger partial charge in [-0.05, 0) is 38.1 Å². The van der Waals surface area contributed by atoms with E-state index in [4.69, 9.17) is 4.74 Å². The minimum atomic E-state index is -3.83. The first kappa shape index (κ1) is 21.8. The maximum atomic E-state index is 12.5. The van der Waals surface area contributed by atoms with E-state index in [1.165, 1.54) is 6.07 Å². The van der Waals surface area contributed by atoms with Crippen LogP contribution in [0.4, 0.5) is 11.4 Å². The number of hydrogen-bond acceptors (Lipinski definition) is 7. The Balaban J connectivity index is 1.74. The number of rotatable bonds is 6. The van der Waals surface area contributed by atoms with Crippen LogP contribution < -0.4 is 10.2 Å². The number of carbonyl (C=O) groups excluding carboxylic acids is 2. The second-order valence-electron chi connectivity index (χ2n) is 6.16. The van der Waals surface area contributed by atoms with Gasteiger partial charge in [0.2, 0.25) is 5.91 Å². The first-order valence-electron chi connectivity index (χ1n) is 9.27. The number of carbonyl (C=O) groups is 2. The lowest BCUT2D eigenvalue weighted by Gasteiger charge is -2.29. The highest BCUT2D eigenvalue weighted by Crippen LogP contribution is 2.33. The molecule has 158 valence electrons. The number of para-hydroxylation sites is 2. The van der Waals surface area contributed by atoms with Crippen LogP contribution in [0.2, 0.25) is 0 Å². The summed E-state index contributed by atoms with van der Waals surface area (Å²) in [6, 6.07) is 13.2. The average Bonchev–Trinajstić information content (AvgIpc) is 2.73. The van der Waals surface area contributed by atoms with Crippen molar-refractivity contribution in [1.29, 1.82) is 0 Å². The zero-order valence-corrected chi connectivity index (χ0v) is 18.1. The van der Waals surface area contributed by atoms with Crippen LogP contribution in [0.1, 0.15) is 24.2 Å². The monoisotopic (exact) mass is 447 g/mol. The Morgan fingerprint density at radius 1 is 1.10 bits per heavy atom. The van der Waals surface area contributed by atoms with Crippen LogP contribution in [0.5, 0.6) is 0 Å². The van der Waals surface area contributed by atoms with Crippen molar-refractivity contribution in [1.82, 2.24) is 0 Å². The molecule has 0 bridgehead atoms. The summed E-state index contributed by atoms with van der Waals surface area (Å²) in [6.07, 6.45) is 0. The third-order valence-electron chi connectivity index (χ3n) is 4.21. The standard InChI is InChI=1S/C20H21N3O5S2/c1-3-23-16-11-7-8-12-17(16)30(26,27)22-20(23)29-13-18(24)21-15-10-6-5-9-14(15)19(25)28-4-2/h5-12H,3-4,13H2,1-2H3,(H,21,24). The molecule has 0 atom stereocenters. The van der Waals surface area contributed by atoms with Gasteiger partial charge in [-0.15, -0.1) is 4.40 Å². The highest BCUT2D eigenvalue weighted by Gasteiger charge is 2.30. The van der Waals surface area contributed by atoms with Crippen molar-refractivity contribution in [2.24, 2.45) is 4.40 Å². The number of nitrogens with one attached hydrogen (secondary N) is 1. The van der Waals surface area contributed by atoms with E-state index in [0.29, 0.717) is 17.9 Å². The first-order valence-corrected chi connectivity index (χ1v) is 11.7. The van der Waals surface area contributed by atoms with Crippen LogP contribution in [0, 0.1) is 0 Å². The molecule has 0 aromatic heterocycles. The Bertz CT molecular complexity index is 1100. The van der Waals surface area contributed by atoms with E-state index in [1.807, 2.05) is 6.92 Å². The molecule has 1 aliphatic heterocycles. The van der Waals surface area contributed by atoms with Gasteiger partial charge in [0.05, 0.1) is 29.3 Å². The van der Waals surface area contributed by atoms with Gasteiger partial charge in [0.25, 0.3) is 10.0 Å². The quantitative estimate of drug-likeness (QED) is 0.678. The third-order valence-corrected chi connectivity index (χ3v) is 6.61. The van der Waals surface area contributed by atoms with Gasteiger partial charge >= 0.3 is 5.97 Å². The van der Waals surface area contributed by atoms with Gasteiger partial charge in [-0.2, -0.15) is 8.42 Å². The summed E-state index contributed by atoms with van der Waals surface area (Å²) in [5.74, 6) is -1.01. The van der Waals surface area contributed by atoms with E-state index in [-0.39, 0.29) is 28.0 Å². The molecular formula is C20H21N3O5S2. The maximum Gasteiger partial charge on any atom is 0.340 e. The molecule has 1 aliphatic rings. The number of hydrogen-bond donors (Lipinski definition) is 1. The van der Waals surface area contributed by atoms with Crippen molar-refractivity contribution in [3.05, 3.63) is 54.1 Å². The minimum Gasteiger partial charge on any atom is -0.462 e. The molecule has 1 heterocycles. The molecule has 3 rings (SSSR count). The van der Waals surface area contributed by atoms with E-state index < -0.39 is 21.9 Å². The topological polar surface area (TPSA) is 105 Å². The van der Waals surface area contributed by atoms with Gasteiger partial charge in [0, 0.05) is 6.54 Å². The fraction of sp³-hybridized carbons (Fsp3) is 0.250. The van der Waals surface area contributed by atoms with Gasteiger partial charge in [0.15, 0.2) is 5.17 Å². The molecule has 0 radical (unpaired) electrons. The summed E-state index contributed by atoms with van der Waals surface area (Å²) in [5, 5.41) is 2.91. The van der Waals surface area contributed by atoms with Crippen molar-refractivity contribution in [3.63, 3.8) is 0 Å². The molecule has 8 nitrogen and oxygen atoms in total. The van der Waals surface area contributed by atoms with Gasteiger partial charge < -0.3 is 15.0 Å². The van der Waals surface area contributed by atoms with E-state index in [0.717, 1.165) is 11.8 Å². The summed E-state index contributed by atoms with van der Waals surface area (Å²) in [7, 11) is -3.83. The van der Waals surface area contributed by atoms with E-state index in [2.05, 4.69) is 9.71 Å². The Morgan fingerprint density at radius 2 is 1.80 bits per heavy atom. The van der Waals surface area contributed by atoms with E-state index in [9.17, 15) is 18.0 Å².